The third-order valence-electron chi connectivity index (χ3n) is 2.73. The Balaban J connectivity index is 2.88. The van der Waals surface area contributed by atoms with Crippen LogP contribution >= 0.6 is 0 Å². The molecule has 0 radical (unpaired) electrons. The zero-order valence-electron chi connectivity index (χ0n) is 10.8. The molecule has 106 valence electrons. The average molecular weight is 275 g/mol. The monoisotopic (exact) mass is 275 g/mol. The molecule has 0 aliphatic heterocycles. The molecule has 0 heterocycles. The van der Waals surface area contributed by atoms with E-state index >= 15 is 0 Å². The summed E-state index contributed by atoms with van der Waals surface area (Å²) in [6.45, 7) is 1.79. The Morgan fingerprint density at radius 1 is 1.37 bits per heavy atom. The minimum Gasteiger partial charge on any atom is -0.469 e. The quantitative estimate of drug-likeness (QED) is 0.836. The van der Waals surface area contributed by atoms with Gasteiger partial charge in [0.15, 0.2) is 0 Å². The van der Waals surface area contributed by atoms with Crippen LogP contribution in [0.3, 0.4) is 0 Å². The van der Waals surface area contributed by atoms with E-state index < -0.39 is 23.8 Å². The summed E-state index contributed by atoms with van der Waals surface area (Å²) in [4.78, 5) is 11.2. The molecule has 0 saturated heterocycles. The van der Waals surface area contributed by atoms with Gasteiger partial charge in [0.2, 0.25) is 0 Å². The van der Waals surface area contributed by atoms with Crippen LogP contribution in [0.2, 0.25) is 0 Å². The highest BCUT2D eigenvalue weighted by molar-refractivity contribution is 5.70. The largest absolute Gasteiger partial charge is 0.469 e. The van der Waals surface area contributed by atoms with Crippen molar-refractivity contribution in [2.45, 2.75) is 32.0 Å². The lowest BCUT2D eigenvalue weighted by Crippen LogP contribution is -2.24. The summed E-state index contributed by atoms with van der Waals surface area (Å²) in [6.07, 6.45) is -3.88. The summed E-state index contributed by atoms with van der Waals surface area (Å²) in [5.41, 5.74) is -0.760. The maximum atomic E-state index is 12.8. The molecule has 3 nitrogen and oxygen atoms in total. The maximum absolute atomic E-state index is 12.8. The van der Waals surface area contributed by atoms with E-state index in [4.69, 9.17) is 0 Å². The topological polar surface area (TPSA) is 38.3 Å². The second-order valence-corrected chi connectivity index (χ2v) is 4.07. The Morgan fingerprint density at radius 2 is 2.00 bits per heavy atom. The van der Waals surface area contributed by atoms with Crippen LogP contribution in [0.4, 0.5) is 18.9 Å². The molecule has 0 spiro atoms. The third kappa shape index (κ3) is 4.46. The summed E-state index contributed by atoms with van der Waals surface area (Å²) in [6, 6.07) is 4.81. The molecule has 1 atom stereocenters. The summed E-state index contributed by atoms with van der Waals surface area (Å²) in [7, 11) is 1.25. The minimum absolute atomic E-state index is 0.0225. The van der Waals surface area contributed by atoms with Crippen molar-refractivity contribution in [1.29, 1.82) is 0 Å². The van der Waals surface area contributed by atoms with Crippen molar-refractivity contribution in [2.24, 2.45) is 0 Å². The number of alkyl halides is 3. The number of hydrogen-bond acceptors (Lipinski definition) is 3. The Kier molecular flexibility index (Phi) is 5.20. The van der Waals surface area contributed by atoms with Crippen molar-refractivity contribution >= 4 is 11.7 Å². The fourth-order valence-corrected chi connectivity index (χ4v) is 1.66. The highest BCUT2D eigenvalue weighted by Crippen LogP contribution is 2.35. The molecular formula is C13H16F3NO2. The first-order valence-corrected chi connectivity index (χ1v) is 5.88. The summed E-state index contributed by atoms with van der Waals surface area (Å²) >= 11 is 0. The van der Waals surface area contributed by atoms with Gasteiger partial charge in [-0.25, -0.2) is 0 Å². The molecule has 0 saturated carbocycles. The molecule has 1 aromatic rings. The first kappa shape index (κ1) is 15.3. The second kappa shape index (κ2) is 6.45. The van der Waals surface area contributed by atoms with Gasteiger partial charge in [-0.05, 0) is 18.6 Å². The lowest BCUT2D eigenvalue weighted by molar-refractivity contribution is -0.140. The van der Waals surface area contributed by atoms with E-state index in [-0.39, 0.29) is 12.1 Å². The van der Waals surface area contributed by atoms with Crippen LogP contribution in [0.15, 0.2) is 24.3 Å². The zero-order valence-corrected chi connectivity index (χ0v) is 10.8. The predicted octanol–water partition coefficient (Wildman–Crippen LogP) is 3.46. The van der Waals surface area contributed by atoms with Crippen LogP contribution in [-0.2, 0) is 15.7 Å². The minimum atomic E-state index is -4.42. The molecule has 0 unspecified atom stereocenters. The van der Waals surface area contributed by atoms with Crippen LogP contribution in [0.5, 0.6) is 0 Å². The Bertz CT molecular complexity index is 432. The number of esters is 1. The van der Waals surface area contributed by atoms with Gasteiger partial charge in [0.25, 0.3) is 0 Å². The van der Waals surface area contributed by atoms with Crippen molar-refractivity contribution < 1.29 is 22.7 Å². The van der Waals surface area contributed by atoms with Crippen LogP contribution in [-0.4, -0.2) is 19.1 Å². The molecular weight excluding hydrogens is 259 g/mol. The van der Waals surface area contributed by atoms with Crippen LogP contribution in [0.1, 0.15) is 25.3 Å². The standard InChI is InChI=1S/C13H16F3NO2/c1-3-9(8-12(18)19-2)17-11-7-5-4-6-10(11)13(14,15)16/h4-7,9,17H,3,8H2,1-2H3/t9-/m0/s1. The first-order valence-electron chi connectivity index (χ1n) is 5.88. The number of hydrogen-bond donors (Lipinski definition) is 1. The molecule has 0 amide bonds. The Morgan fingerprint density at radius 3 is 2.53 bits per heavy atom. The van der Waals surface area contributed by atoms with Crippen molar-refractivity contribution in [3.05, 3.63) is 29.8 Å². The van der Waals surface area contributed by atoms with Gasteiger partial charge in [-0.15, -0.1) is 0 Å². The maximum Gasteiger partial charge on any atom is 0.418 e. The number of nitrogens with one attached hydrogen (secondary N) is 1. The normalized spacial score (nSPS) is 12.9. The number of methoxy groups -OCH3 is 1. The molecule has 0 aliphatic rings. The molecule has 1 aromatic carbocycles. The van der Waals surface area contributed by atoms with Gasteiger partial charge in [0.1, 0.15) is 0 Å². The van der Waals surface area contributed by atoms with E-state index in [9.17, 15) is 18.0 Å². The van der Waals surface area contributed by atoms with E-state index in [2.05, 4.69) is 10.1 Å². The van der Waals surface area contributed by atoms with E-state index in [1.807, 2.05) is 0 Å². The van der Waals surface area contributed by atoms with Crippen molar-refractivity contribution in [3.8, 4) is 0 Å². The first-order chi connectivity index (χ1) is 8.88. The molecule has 0 bridgehead atoms. The van der Waals surface area contributed by atoms with E-state index in [0.29, 0.717) is 6.42 Å². The number of halogens is 3. The van der Waals surface area contributed by atoms with E-state index in [1.165, 1.54) is 25.3 Å². The van der Waals surface area contributed by atoms with Crippen molar-refractivity contribution in [2.75, 3.05) is 12.4 Å². The fourth-order valence-electron chi connectivity index (χ4n) is 1.66. The highest BCUT2D eigenvalue weighted by atomic mass is 19.4. The van der Waals surface area contributed by atoms with E-state index in [0.717, 1.165) is 6.07 Å². The third-order valence-corrected chi connectivity index (χ3v) is 2.73. The van der Waals surface area contributed by atoms with Gasteiger partial charge in [-0.2, -0.15) is 13.2 Å². The zero-order chi connectivity index (χ0) is 14.5. The molecule has 6 heteroatoms. The number of rotatable bonds is 5. The van der Waals surface area contributed by atoms with Gasteiger partial charge in [0, 0.05) is 11.7 Å². The van der Waals surface area contributed by atoms with Gasteiger partial charge in [0.05, 0.1) is 19.1 Å². The average Bonchev–Trinajstić information content (AvgIpc) is 2.37. The molecule has 19 heavy (non-hydrogen) atoms. The lowest BCUT2D eigenvalue weighted by atomic mass is 10.1. The van der Waals surface area contributed by atoms with Gasteiger partial charge >= 0.3 is 12.1 Å². The summed E-state index contributed by atoms with van der Waals surface area (Å²) < 4.78 is 42.9. The molecule has 1 N–H and O–H groups in total. The number of carbonyl (C=O) groups excluding carboxylic acids is 1. The van der Waals surface area contributed by atoms with Crippen LogP contribution < -0.4 is 5.32 Å². The fraction of sp³-hybridized carbons (Fsp3) is 0.462. The van der Waals surface area contributed by atoms with E-state index in [1.54, 1.807) is 6.92 Å². The smallest absolute Gasteiger partial charge is 0.418 e. The second-order valence-electron chi connectivity index (χ2n) is 4.07. The van der Waals surface area contributed by atoms with Crippen LogP contribution in [0, 0.1) is 0 Å². The van der Waals surface area contributed by atoms with Gasteiger partial charge in [-0.1, -0.05) is 19.1 Å². The number of para-hydroxylation sites is 1. The number of anilines is 1. The molecule has 0 fully saturated rings. The molecule has 0 aromatic heterocycles. The Hall–Kier alpha value is -1.72. The number of carbonyl (C=O) groups is 1. The summed E-state index contributed by atoms with van der Waals surface area (Å²) in [5, 5.41) is 2.75. The Labute approximate surface area is 109 Å². The highest BCUT2D eigenvalue weighted by Gasteiger charge is 2.33. The SMILES string of the molecule is CC[C@@H](CC(=O)OC)Nc1ccccc1C(F)(F)F. The van der Waals surface area contributed by atoms with Gasteiger partial charge < -0.3 is 10.1 Å². The molecule has 0 aliphatic carbocycles. The molecule has 1 rings (SSSR count). The lowest BCUT2D eigenvalue weighted by Gasteiger charge is -2.20. The number of benzene rings is 1. The van der Waals surface area contributed by atoms with Crippen LogP contribution in [0.25, 0.3) is 0 Å². The summed E-state index contributed by atoms with van der Waals surface area (Å²) in [5.74, 6) is -0.455. The number of ether oxygens (including phenoxy) is 1. The van der Waals surface area contributed by atoms with Gasteiger partial charge in [-0.3, -0.25) is 4.79 Å². The van der Waals surface area contributed by atoms with Crippen molar-refractivity contribution in [3.63, 3.8) is 0 Å². The van der Waals surface area contributed by atoms with Crippen molar-refractivity contribution in [1.82, 2.24) is 0 Å². The predicted molar refractivity (Wildman–Crippen MR) is 65.8 cm³/mol.